The van der Waals surface area contributed by atoms with Gasteiger partial charge in [-0.3, -0.25) is 4.40 Å². The average Bonchev–Trinajstić information content (AvgIpc) is 2.69. The lowest BCUT2D eigenvalue weighted by molar-refractivity contribution is 0.949. The van der Waals surface area contributed by atoms with Crippen molar-refractivity contribution in [2.75, 3.05) is 6.54 Å². The van der Waals surface area contributed by atoms with Crippen LogP contribution in [-0.2, 0) is 5.75 Å². The minimum Gasteiger partial charge on any atom is -0.329 e. The summed E-state index contributed by atoms with van der Waals surface area (Å²) >= 11 is 1.83. The summed E-state index contributed by atoms with van der Waals surface area (Å²) in [6, 6.07) is 2.06. The second kappa shape index (κ2) is 5.06. The van der Waals surface area contributed by atoms with E-state index in [0.29, 0.717) is 11.8 Å². The summed E-state index contributed by atoms with van der Waals surface area (Å²) < 4.78 is 2.04. The highest BCUT2D eigenvalue weighted by Crippen LogP contribution is 2.17. The maximum absolute atomic E-state index is 5.60. The minimum absolute atomic E-state index is 0.468. The number of aryl methyl sites for hydroxylation is 2. The van der Waals surface area contributed by atoms with Crippen LogP contribution in [0.1, 0.15) is 24.0 Å². The fourth-order valence-corrected chi connectivity index (χ4v) is 2.41. The van der Waals surface area contributed by atoms with Gasteiger partial charge in [0.15, 0.2) is 0 Å². The maximum Gasteiger partial charge on any atom is 0.234 e. The smallest absolute Gasteiger partial charge is 0.234 e. The first-order valence-electron chi connectivity index (χ1n) is 5.74. The van der Waals surface area contributed by atoms with E-state index in [2.05, 4.69) is 36.1 Å². The van der Waals surface area contributed by atoms with Crippen molar-refractivity contribution < 1.29 is 0 Å². The van der Waals surface area contributed by atoms with Gasteiger partial charge in [-0.15, -0.1) is 0 Å². The van der Waals surface area contributed by atoms with Gasteiger partial charge >= 0.3 is 0 Å². The molecule has 0 aromatic carbocycles. The lowest BCUT2D eigenvalue weighted by atomic mass is 10.3. The summed E-state index contributed by atoms with van der Waals surface area (Å²) in [6.45, 7) is 6.90. The van der Waals surface area contributed by atoms with Gasteiger partial charge in [-0.2, -0.15) is 11.8 Å². The minimum atomic E-state index is 0.468. The van der Waals surface area contributed by atoms with Crippen LogP contribution in [0.2, 0.25) is 0 Å². The number of nitrogens with zero attached hydrogens (tertiary/aromatic N) is 3. The van der Waals surface area contributed by atoms with Gasteiger partial charge in [0.05, 0.1) is 5.69 Å². The van der Waals surface area contributed by atoms with Crippen molar-refractivity contribution >= 4 is 17.5 Å². The molecule has 0 aliphatic rings. The topological polar surface area (TPSA) is 56.2 Å². The van der Waals surface area contributed by atoms with Gasteiger partial charge in [0.25, 0.3) is 0 Å². The molecule has 0 saturated carbocycles. The van der Waals surface area contributed by atoms with Crippen molar-refractivity contribution in [3.63, 3.8) is 0 Å². The number of nitrogens with two attached hydrogens (primary N) is 1. The molecule has 17 heavy (non-hydrogen) atoms. The van der Waals surface area contributed by atoms with Crippen molar-refractivity contribution in [3.05, 3.63) is 29.3 Å². The van der Waals surface area contributed by atoms with Crippen molar-refractivity contribution in [2.45, 2.75) is 31.8 Å². The fraction of sp³-hybridized carbons (Fsp3) is 0.500. The second-order valence-electron chi connectivity index (χ2n) is 4.30. The van der Waals surface area contributed by atoms with Crippen LogP contribution in [0.15, 0.2) is 12.3 Å². The molecule has 0 bridgehead atoms. The molecule has 2 heterocycles. The van der Waals surface area contributed by atoms with E-state index in [-0.39, 0.29) is 0 Å². The standard InChI is InChI=1S/C12H18N4S/c1-8-4-9(2)16-6-11(15-12(16)14-8)7-17-10(3)5-13/h4,6,10H,5,7,13H2,1-3H3. The number of rotatable bonds is 4. The van der Waals surface area contributed by atoms with Crippen LogP contribution < -0.4 is 5.73 Å². The summed E-state index contributed by atoms with van der Waals surface area (Å²) in [5.41, 5.74) is 8.84. The number of aromatic nitrogens is 3. The van der Waals surface area contributed by atoms with E-state index in [1.54, 1.807) is 0 Å². The molecule has 4 nitrogen and oxygen atoms in total. The molecule has 0 amide bonds. The molecule has 2 aromatic heterocycles. The second-order valence-corrected chi connectivity index (χ2v) is 5.73. The van der Waals surface area contributed by atoms with Crippen molar-refractivity contribution in [2.24, 2.45) is 5.73 Å². The molecule has 1 atom stereocenters. The van der Waals surface area contributed by atoms with Crippen LogP contribution in [0.5, 0.6) is 0 Å². The molecule has 1 unspecified atom stereocenters. The third-order valence-electron chi connectivity index (χ3n) is 2.66. The lowest BCUT2D eigenvalue weighted by Gasteiger charge is -2.05. The van der Waals surface area contributed by atoms with Gasteiger partial charge in [-0.1, -0.05) is 6.92 Å². The molecule has 0 aliphatic heterocycles. The van der Waals surface area contributed by atoms with Crippen molar-refractivity contribution in [3.8, 4) is 0 Å². The predicted molar refractivity (Wildman–Crippen MR) is 72.3 cm³/mol. The van der Waals surface area contributed by atoms with E-state index in [1.165, 1.54) is 5.69 Å². The van der Waals surface area contributed by atoms with Gasteiger partial charge in [-0.05, 0) is 19.9 Å². The van der Waals surface area contributed by atoms with E-state index in [1.807, 2.05) is 23.1 Å². The molecule has 0 radical (unpaired) electrons. The van der Waals surface area contributed by atoms with Crippen LogP contribution in [0, 0.1) is 13.8 Å². The zero-order valence-electron chi connectivity index (χ0n) is 10.5. The molecule has 0 saturated heterocycles. The molecule has 5 heteroatoms. The Morgan fingerprint density at radius 1 is 1.41 bits per heavy atom. The van der Waals surface area contributed by atoms with Crippen LogP contribution in [0.4, 0.5) is 0 Å². The Kier molecular flexibility index (Phi) is 3.69. The van der Waals surface area contributed by atoms with E-state index >= 15 is 0 Å². The van der Waals surface area contributed by atoms with E-state index in [4.69, 9.17) is 5.73 Å². The molecule has 0 spiro atoms. The highest BCUT2D eigenvalue weighted by atomic mass is 32.2. The average molecular weight is 250 g/mol. The molecule has 0 aliphatic carbocycles. The molecule has 0 fully saturated rings. The third kappa shape index (κ3) is 2.79. The Balaban J connectivity index is 2.23. The highest BCUT2D eigenvalue weighted by Gasteiger charge is 2.07. The predicted octanol–water partition coefficient (Wildman–Crippen LogP) is 1.93. The summed E-state index contributed by atoms with van der Waals surface area (Å²) in [7, 11) is 0. The molecule has 2 N–H and O–H groups in total. The van der Waals surface area contributed by atoms with E-state index in [9.17, 15) is 0 Å². The molecular formula is C12H18N4S. The van der Waals surface area contributed by atoms with Gasteiger partial charge in [0.2, 0.25) is 5.78 Å². The fourth-order valence-electron chi connectivity index (χ4n) is 1.68. The van der Waals surface area contributed by atoms with Crippen LogP contribution in [0.3, 0.4) is 0 Å². The van der Waals surface area contributed by atoms with Crippen LogP contribution >= 0.6 is 11.8 Å². The van der Waals surface area contributed by atoms with Crippen LogP contribution in [0.25, 0.3) is 5.78 Å². The zero-order chi connectivity index (χ0) is 12.4. The zero-order valence-corrected chi connectivity index (χ0v) is 11.3. The SMILES string of the molecule is Cc1cc(C)n2cc(CSC(C)CN)nc2n1. The number of hydrogen-bond acceptors (Lipinski definition) is 4. The van der Waals surface area contributed by atoms with Crippen LogP contribution in [-0.4, -0.2) is 26.2 Å². The quantitative estimate of drug-likeness (QED) is 0.901. The third-order valence-corrected chi connectivity index (χ3v) is 3.88. The first kappa shape index (κ1) is 12.4. The van der Waals surface area contributed by atoms with Gasteiger partial charge in [0.1, 0.15) is 0 Å². The van der Waals surface area contributed by atoms with Gasteiger partial charge in [0, 0.05) is 35.1 Å². The Labute approximate surface area is 106 Å². The Hall–Kier alpha value is -1.07. The molecular weight excluding hydrogens is 232 g/mol. The lowest BCUT2D eigenvalue weighted by Crippen LogP contribution is -2.12. The maximum atomic E-state index is 5.60. The summed E-state index contributed by atoms with van der Waals surface area (Å²) in [4.78, 5) is 8.95. The molecule has 2 aromatic rings. The monoisotopic (exact) mass is 250 g/mol. The number of fused-ring (bicyclic) bond motifs is 1. The summed E-state index contributed by atoms with van der Waals surface area (Å²) in [5.74, 6) is 1.68. The number of hydrogen-bond donors (Lipinski definition) is 1. The largest absolute Gasteiger partial charge is 0.329 e. The van der Waals surface area contributed by atoms with E-state index in [0.717, 1.165) is 22.9 Å². The Morgan fingerprint density at radius 3 is 2.88 bits per heavy atom. The first-order chi connectivity index (χ1) is 8.10. The Bertz CT molecular complexity index is 520. The summed E-state index contributed by atoms with van der Waals surface area (Å²) in [6.07, 6.45) is 2.06. The van der Waals surface area contributed by atoms with Gasteiger partial charge in [-0.25, -0.2) is 9.97 Å². The van der Waals surface area contributed by atoms with Gasteiger partial charge < -0.3 is 5.73 Å². The normalized spacial score (nSPS) is 13.2. The summed E-state index contributed by atoms with van der Waals surface area (Å²) in [5, 5.41) is 0.468. The van der Waals surface area contributed by atoms with Crippen molar-refractivity contribution in [1.29, 1.82) is 0 Å². The highest BCUT2D eigenvalue weighted by molar-refractivity contribution is 7.99. The molecule has 92 valence electrons. The van der Waals surface area contributed by atoms with E-state index < -0.39 is 0 Å². The first-order valence-corrected chi connectivity index (χ1v) is 6.79. The Morgan fingerprint density at radius 2 is 2.18 bits per heavy atom. The number of imidazole rings is 1. The van der Waals surface area contributed by atoms with Crippen molar-refractivity contribution in [1.82, 2.24) is 14.4 Å². The molecule has 2 rings (SSSR count). The number of thioether (sulfide) groups is 1.